The highest BCUT2D eigenvalue weighted by molar-refractivity contribution is 6.24. The minimum Gasteiger partial charge on any atom is -0.454 e. The van der Waals surface area contributed by atoms with Gasteiger partial charge in [-0.15, -0.1) is 0 Å². The van der Waals surface area contributed by atoms with Crippen LogP contribution in [-0.4, -0.2) is 18.5 Å². The van der Waals surface area contributed by atoms with E-state index in [9.17, 15) is 4.79 Å². The Morgan fingerprint density at radius 2 is 2.12 bits per heavy atom. The minimum atomic E-state index is -0.430. The van der Waals surface area contributed by atoms with E-state index in [0.717, 1.165) is 5.56 Å². The molecule has 3 rings (SSSR count). The molecular weight excluding hydrogens is 222 g/mol. The number of ether oxygens (including phenoxy) is 2. The lowest BCUT2D eigenvalue weighted by Gasteiger charge is -1.98. The van der Waals surface area contributed by atoms with Gasteiger partial charge >= 0.3 is 5.97 Å². The lowest BCUT2D eigenvalue weighted by molar-refractivity contribution is -0.136. The van der Waals surface area contributed by atoms with Crippen LogP contribution in [0.3, 0.4) is 0 Å². The van der Waals surface area contributed by atoms with E-state index in [1.54, 1.807) is 13.0 Å². The summed E-state index contributed by atoms with van der Waals surface area (Å²) < 4.78 is 10.5. The van der Waals surface area contributed by atoms with Gasteiger partial charge in [0.15, 0.2) is 11.5 Å². The highest BCUT2D eigenvalue weighted by Gasteiger charge is 2.22. The van der Waals surface area contributed by atoms with Crippen molar-refractivity contribution in [3.63, 3.8) is 0 Å². The van der Waals surface area contributed by atoms with Crippen LogP contribution in [0.25, 0.3) is 6.08 Å². The van der Waals surface area contributed by atoms with Crippen LogP contribution < -0.4 is 9.47 Å². The second kappa shape index (κ2) is 3.62. The Balaban J connectivity index is 1.98. The monoisotopic (exact) mass is 231 g/mol. The minimum absolute atomic E-state index is 0.234. The van der Waals surface area contributed by atoms with E-state index < -0.39 is 5.97 Å². The topological polar surface area (TPSA) is 57.1 Å². The SMILES string of the molecule is CC1=NOC(=O)/C1=C\c1ccc2c(c1)OCO2. The van der Waals surface area contributed by atoms with E-state index in [-0.39, 0.29) is 6.79 Å². The fourth-order valence-corrected chi connectivity index (χ4v) is 1.69. The molecule has 0 fully saturated rings. The summed E-state index contributed by atoms with van der Waals surface area (Å²) in [7, 11) is 0. The van der Waals surface area contributed by atoms with Crippen molar-refractivity contribution >= 4 is 17.8 Å². The summed E-state index contributed by atoms with van der Waals surface area (Å²) in [6, 6.07) is 5.47. The Kier molecular flexibility index (Phi) is 2.11. The van der Waals surface area contributed by atoms with Crippen LogP contribution in [0, 0.1) is 0 Å². The summed E-state index contributed by atoms with van der Waals surface area (Å²) in [5.74, 6) is 0.965. The molecule has 1 aromatic carbocycles. The molecule has 0 atom stereocenters. The number of carbonyl (C=O) groups is 1. The Bertz CT molecular complexity index is 560. The normalized spacial score (nSPS) is 19.5. The van der Waals surface area contributed by atoms with Gasteiger partial charge in [0.1, 0.15) is 0 Å². The Morgan fingerprint density at radius 1 is 1.29 bits per heavy atom. The zero-order chi connectivity index (χ0) is 11.8. The van der Waals surface area contributed by atoms with Crippen molar-refractivity contribution < 1.29 is 19.1 Å². The summed E-state index contributed by atoms with van der Waals surface area (Å²) >= 11 is 0. The van der Waals surface area contributed by atoms with Crippen molar-refractivity contribution in [1.29, 1.82) is 0 Å². The van der Waals surface area contributed by atoms with Gasteiger partial charge in [0, 0.05) is 0 Å². The molecule has 1 aromatic rings. The highest BCUT2D eigenvalue weighted by Crippen LogP contribution is 2.33. The largest absolute Gasteiger partial charge is 0.454 e. The van der Waals surface area contributed by atoms with E-state index in [2.05, 4.69) is 9.99 Å². The van der Waals surface area contributed by atoms with Crippen molar-refractivity contribution in [2.45, 2.75) is 6.92 Å². The molecule has 5 nitrogen and oxygen atoms in total. The van der Waals surface area contributed by atoms with Gasteiger partial charge < -0.3 is 14.3 Å². The molecule has 0 radical (unpaired) electrons. The molecule has 0 N–H and O–H groups in total. The molecule has 17 heavy (non-hydrogen) atoms. The maximum absolute atomic E-state index is 11.4. The molecule has 2 heterocycles. The zero-order valence-electron chi connectivity index (χ0n) is 9.10. The summed E-state index contributed by atoms with van der Waals surface area (Å²) in [6.07, 6.45) is 1.72. The van der Waals surface area contributed by atoms with Crippen molar-refractivity contribution in [2.24, 2.45) is 5.16 Å². The number of oxime groups is 1. The van der Waals surface area contributed by atoms with E-state index in [4.69, 9.17) is 9.47 Å². The molecule has 0 bridgehead atoms. The van der Waals surface area contributed by atoms with Gasteiger partial charge in [0.25, 0.3) is 0 Å². The van der Waals surface area contributed by atoms with Crippen LogP contribution in [0.15, 0.2) is 28.9 Å². The van der Waals surface area contributed by atoms with Crippen LogP contribution in [0.4, 0.5) is 0 Å². The number of hydrogen-bond acceptors (Lipinski definition) is 5. The molecule has 0 saturated heterocycles. The summed E-state index contributed by atoms with van der Waals surface area (Å²) in [6.45, 7) is 1.96. The van der Waals surface area contributed by atoms with Crippen LogP contribution >= 0.6 is 0 Å². The lowest BCUT2D eigenvalue weighted by atomic mass is 10.1. The molecule has 0 unspecified atom stereocenters. The van der Waals surface area contributed by atoms with E-state index in [0.29, 0.717) is 22.8 Å². The van der Waals surface area contributed by atoms with Gasteiger partial charge in [-0.1, -0.05) is 11.2 Å². The molecule has 0 spiro atoms. The standard InChI is InChI=1S/C12H9NO4/c1-7-9(12(14)17-13-7)4-8-2-3-10-11(5-8)16-6-15-10/h2-5H,6H2,1H3/b9-4-. The van der Waals surface area contributed by atoms with Gasteiger partial charge in [-0.05, 0) is 30.7 Å². The molecule has 2 aliphatic heterocycles. The van der Waals surface area contributed by atoms with Crippen molar-refractivity contribution in [2.75, 3.05) is 6.79 Å². The molecule has 0 aliphatic carbocycles. The number of benzene rings is 1. The zero-order valence-corrected chi connectivity index (χ0v) is 9.10. The van der Waals surface area contributed by atoms with Crippen LogP contribution in [0.5, 0.6) is 11.5 Å². The Hall–Kier alpha value is -2.30. The molecule has 0 saturated carbocycles. The Labute approximate surface area is 97.3 Å². The summed E-state index contributed by atoms with van der Waals surface area (Å²) in [5.41, 5.74) is 1.88. The van der Waals surface area contributed by atoms with Crippen LogP contribution in [0.1, 0.15) is 12.5 Å². The molecule has 5 heteroatoms. The number of hydrogen-bond donors (Lipinski definition) is 0. The number of carbonyl (C=O) groups excluding carboxylic acids is 1. The van der Waals surface area contributed by atoms with Crippen LogP contribution in [-0.2, 0) is 9.63 Å². The smallest absolute Gasteiger partial charge is 0.367 e. The quantitative estimate of drug-likeness (QED) is 0.545. The number of rotatable bonds is 1. The third kappa shape index (κ3) is 1.65. The maximum Gasteiger partial charge on any atom is 0.367 e. The first-order chi connectivity index (χ1) is 8.24. The highest BCUT2D eigenvalue weighted by atomic mass is 16.7. The average molecular weight is 231 g/mol. The second-order valence-electron chi connectivity index (χ2n) is 3.73. The summed E-state index contributed by atoms with van der Waals surface area (Å²) in [4.78, 5) is 15.9. The van der Waals surface area contributed by atoms with E-state index in [1.807, 2.05) is 18.2 Å². The lowest BCUT2D eigenvalue weighted by Crippen LogP contribution is -2.01. The van der Waals surface area contributed by atoms with Gasteiger partial charge in [-0.25, -0.2) is 4.79 Å². The van der Waals surface area contributed by atoms with E-state index >= 15 is 0 Å². The first-order valence-corrected chi connectivity index (χ1v) is 5.12. The molecule has 0 amide bonds. The van der Waals surface area contributed by atoms with Crippen molar-refractivity contribution in [3.05, 3.63) is 29.3 Å². The predicted octanol–water partition coefficient (Wildman–Crippen LogP) is 1.73. The van der Waals surface area contributed by atoms with Crippen LogP contribution in [0.2, 0.25) is 0 Å². The molecule has 86 valence electrons. The molecule has 2 aliphatic rings. The number of fused-ring (bicyclic) bond motifs is 1. The number of nitrogens with zero attached hydrogens (tertiary/aromatic N) is 1. The van der Waals surface area contributed by atoms with E-state index in [1.165, 1.54) is 0 Å². The predicted molar refractivity (Wildman–Crippen MR) is 59.7 cm³/mol. The van der Waals surface area contributed by atoms with Crippen molar-refractivity contribution in [3.8, 4) is 11.5 Å². The fourth-order valence-electron chi connectivity index (χ4n) is 1.69. The second-order valence-corrected chi connectivity index (χ2v) is 3.73. The average Bonchev–Trinajstić information content (AvgIpc) is 2.90. The van der Waals surface area contributed by atoms with Gasteiger partial charge in [-0.3, -0.25) is 0 Å². The maximum atomic E-state index is 11.4. The van der Waals surface area contributed by atoms with Gasteiger partial charge in [-0.2, -0.15) is 0 Å². The first-order valence-electron chi connectivity index (χ1n) is 5.12. The van der Waals surface area contributed by atoms with Crippen molar-refractivity contribution in [1.82, 2.24) is 0 Å². The van der Waals surface area contributed by atoms with Gasteiger partial charge in [0.05, 0.1) is 11.3 Å². The Morgan fingerprint density at radius 3 is 2.88 bits per heavy atom. The third-order valence-electron chi connectivity index (χ3n) is 2.58. The summed E-state index contributed by atoms with van der Waals surface area (Å²) in [5, 5.41) is 3.61. The first kappa shape index (κ1) is 9.89. The molecule has 0 aromatic heterocycles. The van der Waals surface area contributed by atoms with Gasteiger partial charge in [0.2, 0.25) is 6.79 Å². The third-order valence-corrected chi connectivity index (χ3v) is 2.58. The molecular formula is C12H9NO4. The fraction of sp³-hybridized carbons (Fsp3) is 0.167.